The topological polar surface area (TPSA) is 65.1 Å². The van der Waals surface area contributed by atoms with Gasteiger partial charge in [-0.25, -0.2) is 0 Å². The first kappa shape index (κ1) is 15.4. The first-order valence-corrected chi connectivity index (χ1v) is 7.92. The van der Waals surface area contributed by atoms with Crippen molar-refractivity contribution >= 4 is 45.0 Å². The Bertz CT molecular complexity index is 1150. The zero-order valence-corrected chi connectivity index (χ0v) is 13.6. The summed E-state index contributed by atoms with van der Waals surface area (Å²) >= 11 is 6.10. The number of nitro groups is 1. The number of hydrogen-bond donors (Lipinski definition) is 0. The molecule has 0 saturated heterocycles. The van der Waals surface area contributed by atoms with Crippen molar-refractivity contribution in [3.63, 3.8) is 0 Å². The van der Waals surface area contributed by atoms with Gasteiger partial charge in [0.05, 0.1) is 16.0 Å². The number of hydrogen-bond acceptors (Lipinski definition) is 3. The maximum atomic E-state index is 13.1. The largest absolute Gasteiger partial charge is 0.275 e. The van der Waals surface area contributed by atoms with Crippen molar-refractivity contribution in [3.05, 3.63) is 87.4 Å². The number of fused-ring (bicyclic) bond motifs is 3. The smallest absolute Gasteiger partial charge is 0.271 e. The van der Waals surface area contributed by atoms with E-state index in [1.165, 1.54) is 16.7 Å². The van der Waals surface area contributed by atoms with Crippen LogP contribution in [0, 0.1) is 10.1 Å². The van der Waals surface area contributed by atoms with E-state index in [0.29, 0.717) is 21.6 Å². The molecule has 0 spiro atoms. The summed E-state index contributed by atoms with van der Waals surface area (Å²) in [6.07, 6.45) is 0. The number of nitro benzene ring substituents is 1. The van der Waals surface area contributed by atoms with Crippen molar-refractivity contribution < 1.29 is 9.72 Å². The Labute approximate surface area is 147 Å². The van der Waals surface area contributed by atoms with Crippen LogP contribution in [-0.2, 0) is 0 Å². The lowest BCUT2D eigenvalue weighted by atomic mass is 10.1. The molecule has 0 fully saturated rings. The van der Waals surface area contributed by atoms with Crippen LogP contribution in [0.15, 0.2) is 66.7 Å². The Kier molecular flexibility index (Phi) is 3.51. The summed E-state index contributed by atoms with van der Waals surface area (Å²) in [7, 11) is 0. The van der Waals surface area contributed by atoms with E-state index >= 15 is 0 Å². The van der Waals surface area contributed by atoms with Crippen molar-refractivity contribution in [2.75, 3.05) is 0 Å². The molecule has 0 saturated carbocycles. The highest BCUT2D eigenvalue weighted by atomic mass is 35.5. The fourth-order valence-corrected chi connectivity index (χ4v) is 3.20. The number of rotatable bonds is 2. The Balaban J connectivity index is 2.10. The van der Waals surface area contributed by atoms with Crippen LogP contribution in [-0.4, -0.2) is 15.4 Å². The van der Waals surface area contributed by atoms with Crippen LogP contribution in [0.2, 0.25) is 5.02 Å². The summed E-state index contributed by atoms with van der Waals surface area (Å²) < 4.78 is 1.50. The zero-order valence-electron chi connectivity index (χ0n) is 12.8. The van der Waals surface area contributed by atoms with E-state index in [0.717, 1.165) is 10.8 Å². The monoisotopic (exact) mass is 350 g/mol. The standard InChI is InChI=1S/C19H11ClN2O3/c20-13-6-9-17-16(10-13)15-8-7-14(22(24)25)11-18(15)21(17)19(23)12-4-2-1-3-5-12/h1-11H. The summed E-state index contributed by atoms with van der Waals surface area (Å²) in [5, 5.41) is 13.2. The average Bonchev–Trinajstić information content (AvgIpc) is 2.94. The maximum absolute atomic E-state index is 13.1. The number of non-ortho nitro benzene ring substituents is 1. The van der Waals surface area contributed by atoms with Gasteiger partial charge in [0.15, 0.2) is 0 Å². The molecule has 0 N–H and O–H groups in total. The summed E-state index contributed by atoms with van der Waals surface area (Å²) in [5.74, 6) is -0.247. The van der Waals surface area contributed by atoms with Crippen molar-refractivity contribution in [2.24, 2.45) is 0 Å². The van der Waals surface area contributed by atoms with Crippen molar-refractivity contribution in [3.8, 4) is 0 Å². The molecule has 0 bridgehead atoms. The van der Waals surface area contributed by atoms with E-state index in [-0.39, 0.29) is 11.6 Å². The fraction of sp³-hybridized carbons (Fsp3) is 0. The molecule has 5 nitrogen and oxygen atoms in total. The molecule has 4 aromatic rings. The second-order valence-corrected chi connectivity index (χ2v) is 6.06. The molecule has 4 rings (SSSR count). The highest BCUT2D eigenvalue weighted by Gasteiger charge is 2.20. The Morgan fingerprint density at radius 2 is 1.68 bits per heavy atom. The van der Waals surface area contributed by atoms with Gasteiger partial charge in [-0.2, -0.15) is 0 Å². The second-order valence-electron chi connectivity index (χ2n) is 5.63. The van der Waals surface area contributed by atoms with Gasteiger partial charge in [0.2, 0.25) is 0 Å². The molecular formula is C19H11ClN2O3. The molecule has 0 atom stereocenters. The molecule has 0 aliphatic heterocycles. The third-order valence-electron chi connectivity index (χ3n) is 4.15. The van der Waals surface area contributed by atoms with Crippen LogP contribution in [0.5, 0.6) is 0 Å². The van der Waals surface area contributed by atoms with Gasteiger partial charge in [-0.05, 0) is 36.4 Å². The minimum absolute atomic E-state index is 0.0662. The summed E-state index contributed by atoms with van der Waals surface area (Å²) in [6, 6.07) is 18.5. The molecule has 6 heteroatoms. The fourth-order valence-electron chi connectivity index (χ4n) is 3.02. The van der Waals surface area contributed by atoms with Gasteiger partial charge in [0.25, 0.3) is 11.6 Å². The second kappa shape index (κ2) is 5.72. The maximum Gasteiger partial charge on any atom is 0.271 e. The molecule has 0 aliphatic carbocycles. The quantitative estimate of drug-likeness (QED) is 0.375. The molecule has 3 aromatic carbocycles. The predicted molar refractivity (Wildman–Crippen MR) is 97.3 cm³/mol. The lowest BCUT2D eigenvalue weighted by molar-refractivity contribution is -0.384. The predicted octanol–water partition coefficient (Wildman–Crippen LogP) is 5.04. The van der Waals surface area contributed by atoms with Gasteiger partial charge >= 0.3 is 0 Å². The van der Waals surface area contributed by atoms with Gasteiger partial charge < -0.3 is 0 Å². The van der Waals surface area contributed by atoms with Crippen molar-refractivity contribution in [1.82, 2.24) is 4.57 Å². The van der Waals surface area contributed by atoms with Crippen LogP contribution in [0.1, 0.15) is 10.4 Å². The molecular weight excluding hydrogens is 340 g/mol. The van der Waals surface area contributed by atoms with E-state index < -0.39 is 4.92 Å². The van der Waals surface area contributed by atoms with E-state index in [2.05, 4.69) is 0 Å². The number of benzene rings is 3. The third kappa shape index (κ3) is 2.45. The van der Waals surface area contributed by atoms with Crippen LogP contribution >= 0.6 is 11.6 Å². The minimum Gasteiger partial charge on any atom is -0.275 e. The minimum atomic E-state index is -0.471. The first-order chi connectivity index (χ1) is 12.1. The molecule has 0 aliphatic rings. The SMILES string of the molecule is O=C(c1ccccc1)n1c2ccc(Cl)cc2c2ccc([N+](=O)[O-])cc21. The molecule has 0 unspecified atom stereocenters. The lowest BCUT2D eigenvalue weighted by Gasteiger charge is -2.06. The van der Waals surface area contributed by atoms with Gasteiger partial charge in [0.1, 0.15) is 0 Å². The number of carbonyl (C=O) groups excluding carboxylic acids is 1. The Morgan fingerprint density at radius 3 is 2.40 bits per heavy atom. The van der Waals surface area contributed by atoms with E-state index in [4.69, 9.17) is 11.6 Å². The number of carbonyl (C=O) groups is 1. The normalized spacial score (nSPS) is 11.1. The number of aromatic nitrogens is 1. The molecule has 25 heavy (non-hydrogen) atoms. The first-order valence-electron chi connectivity index (χ1n) is 7.54. The third-order valence-corrected chi connectivity index (χ3v) is 4.38. The lowest BCUT2D eigenvalue weighted by Crippen LogP contribution is -2.11. The number of halogens is 1. The van der Waals surface area contributed by atoms with Gasteiger partial charge in [0, 0.05) is 33.5 Å². The van der Waals surface area contributed by atoms with E-state index in [9.17, 15) is 14.9 Å². The summed E-state index contributed by atoms with van der Waals surface area (Å²) in [5.41, 5.74) is 1.58. The highest BCUT2D eigenvalue weighted by molar-refractivity contribution is 6.32. The summed E-state index contributed by atoms with van der Waals surface area (Å²) in [4.78, 5) is 23.7. The van der Waals surface area contributed by atoms with Crippen LogP contribution in [0.25, 0.3) is 21.8 Å². The van der Waals surface area contributed by atoms with Gasteiger partial charge in [-0.1, -0.05) is 29.8 Å². The Morgan fingerprint density at radius 1 is 0.920 bits per heavy atom. The van der Waals surface area contributed by atoms with Crippen LogP contribution in [0.4, 0.5) is 5.69 Å². The number of nitrogens with zero attached hydrogens (tertiary/aromatic N) is 2. The average molecular weight is 351 g/mol. The van der Waals surface area contributed by atoms with E-state index in [1.54, 1.807) is 48.5 Å². The summed E-state index contributed by atoms with van der Waals surface area (Å²) in [6.45, 7) is 0. The van der Waals surface area contributed by atoms with E-state index in [1.807, 2.05) is 6.07 Å². The highest BCUT2D eigenvalue weighted by Crippen LogP contribution is 2.33. The zero-order chi connectivity index (χ0) is 17.6. The molecule has 1 aromatic heterocycles. The van der Waals surface area contributed by atoms with Crippen LogP contribution in [0.3, 0.4) is 0 Å². The Hall–Kier alpha value is -3.18. The van der Waals surface area contributed by atoms with Gasteiger partial charge in [-0.3, -0.25) is 19.5 Å². The van der Waals surface area contributed by atoms with Crippen LogP contribution < -0.4 is 0 Å². The molecule has 1 heterocycles. The van der Waals surface area contributed by atoms with Crippen molar-refractivity contribution in [2.45, 2.75) is 0 Å². The molecule has 0 amide bonds. The van der Waals surface area contributed by atoms with Gasteiger partial charge in [-0.15, -0.1) is 0 Å². The molecule has 122 valence electrons. The van der Waals surface area contributed by atoms with Crippen molar-refractivity contribution in [1.29, 1.82) is 0 Å². The molecule has 0 radical (unpaired) electrons.